The SMILES string of the molecule is COC1C(=O)CC1Oc1cncc(Cl)c1. The minimum absolute atomic E-state index is 0.0671. The molecule has 0 aromatic carbocycles. The molecule has 15 heavy (non-hydrogen) atoms. The molecule has 2 rings (SSSR count). The average molecular weight is 228 g/mol. The topological polar surface area (TPSA) is 48.4 Å². The van der Waals surface area contributed by atoms with Crippen LogP contribution in [0.3, 0.4) is 0 Å². The molecule has 1 fully saturated rings. The molecule has 4 nitrogen and oxygen atoms in total. The van der Waals surface area contributed by atoms with Crippen molar-refractivity contribution in [3.8, 4) is 5.75 Å². The number of Topliss-reactive ketones (excluding diaryl/α,β-unsaturated/α-hetero) is 1. The van der Waals surface area contributed by atoms with Crippen LogP contribution in [0.1, 0.15) is 6.42 Å². The first-order valence-electron chi connectivity index (χ1n) is 4.53. The molecule has 0 bridgehead atoms. The Kier molecular flexibility index (Phi) is 2.88. The van der Waals surface area contributed by atoms with Gasteiger partial charge in [0.25, 0.3) is 0 Å². The first kappa shape index (κ1) is 10.4. The molecular formula is C10H10ClNO3. The fourth-order valence-electron chi connectivity index (χ4n) is 1.49. The lowest BCUT2D eigenvalue weighted by atomic mass is 9.90. The average Bonchev–Trinajstić information content (AvgIpc) is 2.17. The van der Waals surface area contributed by atoms with Gasteiger partial charge in [-0.1, -0.05) is 11.6 Å². The van der Waals surface area contributed by atoms with Crippen LogP contribution < -0.4 is 4.74 Å². The lowest BCUT2D eigenvalue weighted by Gasteiger charge is -2.33. The number of halogens is 1. The van der Waals surface area contributed by atoms with E-state index in [0.717, 1.165) is 0 Å². The smallest absolute Gasteiger partial charge is 0.169 e. The number of carbonyl (C=O) groups excluding carboxylic acids is 1. The highest BCUT2D eigenvalue weighted by Crippen LogP contribution is 2.25. The largest absolute Gasteiger partial charge is 0.485 e. The van der Waals surface area contributed by atoms with Gasteiger partial charge in [-0.2, -0.15) is 0 Å². The van der Waals surface area contributed by atoms with Gasteiger partial charge in [0.05, 0.1) is 11.2 Å². The van der Waals surface area contributed by atoms with Crippen LogP contribution >= 0.6 is 11.6 Å². The zero-order valence-corrected chi connectivity index (χ0v) is 8.90. The molecule has 1 saturated carbocycles. The molecule has 0 radical (unpaired) electrons. The molecule has 0 N–H and O–H groups in total. The highest BCUT2D eigenvalue weighted by molar-refractivity contribution is 6.30. The summed E-state index contributed by atoms with van der Waals surface area (Å²) in [7, 11) is 1.49. The predicted octanol–water partition coefficient (Wildman–Crippen LogP) is 1.47. The summed E-state index contributed by atoms with van der Waals surface area (Å²) < 4.78 is 10.5. The van der Waals surface area contributed by atoms with Gasteiger partial charge >= 0.3 is 0 Å². The van der Waals surface area contributed by atoms with Crippen molar-refractivity contribution in [3.05, 3.63) is 23.5 Å². The number of pyridine rings is 1. The summed E-state index contributed by atoms with van der Waals surface area (Å²) >= 11 is 5.75. The molecular weight excluding hydrogens is 218 g/mol. The maximum absolute atomic E-state index is 11.1. The van der Waals surface area contributed by atoms with Crippen molar-refractivity contribution in [1.29, 1.82) is 0 Å². The number of carbonyl (C=O) groups is 1. The van der Waals surface area contributed by atoms with Crippen LogP contribution in [0.2, 0.25) is 5.02 Å². The molecule has 0 spiro atoms. The maximum atomic E-state index is 11.1. The number of nitrogens with zero attached hydrogens (tertiary/aromatic N) is 1. The van der Waals surface area contributed by atoms with Gasteiger partial charge in [-0.05, 0) is 0 Å². The lowest BCUT2D eigenvalue weighted by molar-refractivity contribution is -0.151. The normalized spacial score (nSPS) is 24.8. The number of hydrogen-bond donors (Lipinski definition) is 0. The van der Waals surface area contributed by atoms with Gasteiger partial charge in [-0.25, -0.2) is 0 Å². The number of hydrogen-bond acceptors (Lipinski definition) is 4. The van der Waals surface area contributed by atoms with Gasteiger partial charge in [-0.15, -0.1) is 0 Å². The predicted molar refractivity (Wildman–Crippen MR) is 54.1 cm³/mol. The Bertz CT molecular complexity index is 383. The van der Waals surface area contributed by atoms with Crippen molar-refractivity contribution in [2.24, 2.45) is 0 Å². The highest BCUT2D eigenvalue weighted by Gasteiger charge is 2.42. The van der Waals surface area contributed by atoms with E-state index < -0.39 is 6.10 Å². The van der Waals surface area contributed by atoms with E-state index in [0.29, 0.717) is 17.2 Å². The Morgan fingerprint density at radius 2 is 2.33 bits per heavy atom. The van der Waals surface area contributed by atoms with Crippen LogP contribution in [0.25, 0.3) is 0 Å². The van der Waals surface area contributed by atoms with Gasteiger partial charge in [0.15, 0.2) is 11.9 Å². The third-order valence-corrected chi connectivity index (χ3v) is 2.49. The second-order valence-corrected chi connectivity index (χ2v) is 3.76. The first-order valence-corrected chi connectivity index (χ1v) is 4.91. The van der Waals surface area contributed by atoms with Crippen LogP contribution in [0.15, 0.2) is 18.5 Å². The fourth-order valence-corrected chi connectivity index (χ4v) is 1.65. The van der Waals surface area contributed by atoms with E-state index in [9.17, 15) is 4.79 Å². The van der Waals surface area contributed by atoms with Gasteiger partial charge in [0.1, 0.15) is 11.9 Å². The van der Waals surface area contributed by atoms with Crippen molar-refractivity contribution in [2.45, 2.75) is 18.6 Å². The van der Waals surface area contributed by atoms with E-state index in [-0.39, 0.29) is 11.9 Å². The minimum Gasteiger partial charge on any atom is -0.485 e. The second-order valence-electron chi connectivity index (χ2n) is 3.32. The molecule has 2 unspecified atom stereocenters. The molecule has 5 heteroatoms. The van der Waals surface area contributed by atoms with Crippen LogP contribution in [-0.2, 0) is 9.53 Å². The molecule has 0 aliphatic heterocycles. The van der Waals surface area contributed by atoms with Crippen molar-refractivity contribution >= 4 is 17.4 Å². The van der Waals surface area contributed by atoms with E-state index in [1.165, 1.54) is 13.3 Å². The Morgan fingerprint density at radius 3 is 2.93 bits per heavy atom. The summed E-state index contributed by atoms with van der Waals surface area (Å²) in [5.41, 5.74) is 0. The third-order valence-electron chi connectivity index (χ3n) is 2.28. The fraction of sp³-hybridized carbons (Fsp3) is 0.400. The Hall–Kier alpha value is -1.13. The van der Waals surface area contributed by atoms with E-state index in [4.69, 9.17) is 21.1 Å². The molecule has 0 amide bonds. The summed E-state index contributed by atoms with van der Waals surface area (Å²) in [5, 5.41) is 0.507. The number of methoxy groups -OCH3 is 1. The van der Waals surface area contributed by atoms with E-state index in [2.05, 4.69) is 4.98 Å². The first-order chi connectivity index (χ1) is 7.20. The zero-order chi connectivity index (χ0) is 10.8. The highest BCUT2D eigenvalue weighted by atomic mass is 35.5. The van der Waals surface area contributed by atoms with Crippen molar-refractivity contribution in [3.63, 3.8) is 0 Å². The van der Waals surface area contributed by atoms with Crippen molar-refractivity contribution in [1.82, 2.24) is 4.98 Å². The minimum atomic E-state index is -0.455. The molecule has 1 heterocycles. The van der Waals surface area contributed by atoms with E-state index >= 15 is 0 Å². The summed E-state index contributed by atoms with van der Waals surface area (Å²) in [6.45, 7) is 0. The van der Waals surface area contributed by atoms with Gasteiger partial charge in [-0.3, -0.25) is 9.78 Å². The van der Waals surface area contributed by atoms with Crippen LogP contribution in [0.5, 0.6) is 5.75 Å². The number of ketones is 1. The van der Waals surface area contributed by atoms with E-state index in [1.54, 1.807) is 12.3 Å². The summed E-state index contributed by atoms with van der Waals surface area (Å²) in [6.07, 6.45) is 2.78. The Balaban J connectivity index is 2.01. The van der Waals surface area contributed by atoms with Gasteiger partial charge in [0.2, 0.25) is 0 Å². The van der Waals surface area contributed by atoms with Crippen LogP contribution in [0.4, 0.5) is 0 Å². The Labute approximate surface area is 92.2 Å². The maximum Gasteiger partial charge on any atom is 0.169 e. The molecule has 2 atom stereocenters. The lowest BCUT2D eigenvalue weighted by Crippen LogP contribution is -2.51. The number of ether oxygens (including phenoxy) is 2. The second kappa shape index (κ2) is 4.16. The quantitative estimate of drug-likeness (QED) is 0.785. The van der Waals surface area contributed by atoms with Crippen molar-refractivity contribution < 1.29 is 14.3 Å². The Morgan fingerprint density at radius 1 is 1.53 bits per heavy atom. The summed E-state index contributed by atoms with van der Waals surface area (Å²) in [4.78, 5) is 15.0. The number of aromatic nitrogens is 1. The third kappa shape index (κ3) is 2.11. The monoisotopic (exact) mass is 227 g/mol. The number of rotatable bonds is 3. The molecule has 1 aliphatic rings. The van der Waals surface area contributed by atoms with E-state index in [1.807, 2.05) is 0 Å². The molecule has 1 aliphatic carbocycles. The molecule has 80 valence electrons. The summed E-state index contributed by atoms with van der Waals surface area (Å²) in [5.74, 6) is 0.625. The van der Waals surface area contributed by atoms with Crippen LogP contribution in [0, 0.1) is 0 Å². The van der Waals surface area contributed by atoms with Gasteiger partial charge in [0, 0.05) is 25.8 Å². The molecule has 1 aromatic heterocycles. The van der Waals surface area contributed by atoms with Crippen LogP contribution in [-0.4, -0.2) is 30.1 Å². The van der Waals surface area contributed by atoms with Gasteiger partial charge < -0.3 is 9.47 Å². The zero-order valence-electron chi connectivity index (χ0n) is 8.14. The molecule has 0 saturated heterocycles. The molecule has 1 aromatic rings. The van der Waals surface area contributed by atoms with Crippen molar-refractivity contribution in [2.75, 3.05) is 7.11 Å². The summed E-state index contributed by atoms with van der Waals surface area (Å²) in [6, 6.07) is 1.66. The standard InChI is InChI=1S/C10H10ClNO3/c1-14-10-8(13)3-9(10)15-7-2-6(11)4-12-5-7/h2,4-5,9-10H,3H2,1H3.